The Kier molecular flexibility index (Phi) is 5.55. The lowest BCUT2D eigenvalue weighted by molar-refractivity contribution is -0.140. The van der Waals surface area contributed by atoms with E-state index in [1.54, 1.807) is 6.07 Å². The maximum atomic E-state index is 13.0. The smallest absolute Gasteiger partial charge is 0.375 e. The molecule has 0 N–H and O–H groups in total. The third-order valence-electron chi connectivity index (χ3n) is 4.67. The quantitative estimate of drug-likeness (QED) is 0.704. The predicted octanol–water partition coefficient (Wildman–Crippen LogP) is 2.28. The van der Waals surface area contributed by atoms with E-state index >= 15 is 0 Å². The van der Waals surface area contributed by atoms with E-state index in [-0.39, 0.29) is 23.1 Å². The number of hydrogen-bond donors (Lipinski definition) is 0. The summed E-state index contributed by atoms with van der Waals surface area (Å²) in [6.07, 6.45) is -0.732. The molecular formula is C19H20FNO6S. The minimum atomic E-state index is -3.13. The van der Waals surface area contributed by atoms with Crippen molar-refractivity contribution in [2.45, 2.75) is 25.5 Å². The van der Waals surface area contributed by atoms with Gasteiger partial charge in [-0.05, 0) is 49.7 Å². The van der Waals surface area contributed by atoms with Crippen molar-refractivity contribution in [1.29, 1.82) is 0 Å². The van der Waals surface area contributed by atoms with E-state index in [0.29, 0.717) is 17.7 Å². The van der Waals surface area contributed by atoms with Crippen LogP contribution >= 0.6 is 0 Å². The molecule has 1 aromatic heterocycles. The summed E-state index contributed by atoms with van der Waals surface area (Å²) < 4.78 is 46.8. The molecule has 0 aliphatic carbocycles. The highest BCUT2D eigenvalue weighted by molar-refractivity contribution is 7.91. The Morgan fingerprint density at radius 2 is 1.89 bits per heavy atom. The zero-order valence-electron chi connectivity index (χ0n) is 15.4. The third-order valence-corrected chi connectivity index (χ3v) is 6.42. The summed E-state index contributed by atoms with van der Waals surface area (Å²) in [7, 11) is -1.63. The van der Waals surface area contributed by atoms with Crippen molar-refractivity contribution in [3.8, 4) is 11.3 Å². The molecule has 1 fully saturated rings. The maximum absolute atomic E-state index is 13.0. The minimum Gasteiger partial charge on any atom is -0.449 e. The van der Waals surface area contributed by atoms with Crippen molar-refractivity contribution in [2.24, 2.45) is 0 Å². The monoisotopic (exact) mass is 409 g/mol. The van der Waals surface area contributed by atoms with Gasteiger partial charge in [0.1, 0.15) is 11.6 Å². The van der Waals surface area contributed by atoms with Crippen LogP contribution in [0.25, 0.3) is 11.3 Å². The number of likely N-dealkylation sites (N-methyl/N-ethyl adjacent to an activating group) is 1. The SMILES string of the molecule is C[C@@H](OC(=O)c1ccc(-c2ccc(F)cc2)o1)C(=O)N(C)[C@H]1CCS(=O)(=O)C1. The lowest BCUT2D eigenvalue weighted by Crippen LogP contribution is -2.44. The van der Waals surface area contributed by atoms with Gasteiger partial charge in [0.15, 0.2) is 15.9 Å². The number of rotatable bonds is 5. The van der Waals surface area contributed by atoms with Gasteiger partial charge in [-0.3, -0.25) is 4.79 Å². The van der Waals surface area contributed by atoms with Gasteiger partial charge in [-0.25, -0.2) is 17.6 Å². The van der Waals surface area contributed by atoms with Crippen LogP contribution in [0.3, 0.4) is 0 Å². The van der Waals surface area contributed by atoms with Crippen LogP contribution in [0.15, 0.2) is 40.8 Å². The van der Waals surface area contributed by atoms with Crippen LogP contribution < -0.4 is 0 Å². The van der Waals surface area contributed by atoms with Gasteiger partial charge in [-0.15, -0.1) is 0 Å². The van der Waals surface area contributed by atoms with Crippen molar-refractivity contribution in [2.75, 3.05) is 18.6 Å². The summed E-state index contributed by atoms with van der Waals surface area (Å²) in [5, 5.41) is 0. The Morgan fingerprint density at radius 1 is 1.21 bits per heavy atom. The molecule has 28 heavy (non-hydrogen) atoms. The van der Waals surface area contributed by atoms with Crippen LogP contribution in [0, 0.1) is 5.82 Å². The van der Waals surface area contributed by atoms with Crippen molar-refractivity contribution in [3.63, 3.8) is 0 Å². The van der Waals surface area contributed by atoms with Gasteiger partial charge in [0.2, 0.25) is 5.76 Å². The summed E-state index contributed by atoms with van der Waals surface area (Å²) in [5.41, 5.74) is 0.590. The summed E-state index contributed by atoms with van der Waals surface area (Å²) in [6, 6.07) is 8.11. The lowest BCUT2D eigenvalue weighted by Gasteiger charge is -2.26. The zero-order valence-corrected chi connectivity index (χ0v) is 16.2. The average molecular weight is 409 g/mol. The van der Waals surface area contributed by atoms with Crippen molar-refractivity contribution < 1.29 is 31.6 Å². The van der Waals surface area contributed by atoms with Gasteiger partial charge >= 0.3 is 5.97 Å². The highest BCUT2D eigenvalue weighted by Crippen LogP contribution is 2.23. The van der Waals surface area contributed by atoms with E-state index in [2.05, 4.69) is 0 Å². The molecule has 1 aliphatic heterocycles. The lowest BCUT2D eigenvalue weighted by atomic mass is 10.2. The number of furan rings is 1. The number of amides is 1. The molecule has 1 aliphatic rings. The van der Waals surface area contributed by atoms with Gasteiger partial charge in [0.05, 0.1) is 11.5 Å². The second-order valence-corrected chi connectivity index (χ2v) is 8.95. The Balaban J connectivity index is 1.62. The summed E-state index contributed by atoms with van der Waals surface area (Å²) in [5.74, 6) is -1.47. The van der Waals surface area contributed by atoms with Crippen LogP contribution in [0.1, 0.15) is 23.9 Å². The standard InChI is InChI=1S/C19H20FNO6S/c1-12(18(22)21(2)15-9-10-28(24,25)11-15)26-19(23)17-8-7-16(27-17)13-3-5-14(20)6-4-13/h3-8,12,15H,9-11H2,1-2H3/t12-,15+/m1/s1. The fourth-order valence-electron chi connectivity index (χ4n) is 3.03. The number of esters is 1. The van der Waals surface area contributed by atoms with Crippen LogP contribution in [0.5, 0.6) is 0 Å². The molecule has 0 spiro atoms. The molecule has 7 nitrogen and oxygen atoms in total. The average Bonchev–Trinajstić information content (AvgIpc) is 3.27. The topological polar surface area (TPSA) is 93.9 Å². The van der Waals surface area contributed by atoms with E-state index in [1.807, 2.05) is 0 Å². The molecule has 150 valence electrons. The molecule has 3 rings (SSSR count). The summed E-state index contributed by atoms with van der Waals surface area (Å²) in [6.45, 7) is 1.42. The number of halogens is 1. The van der Waals surface area contributed by atoms with Crippen molar-refractivity contribution in [3.05, 3.63) is 48.0 Å². The highest BCUT2D eigenvalue weighted by atomic mass is 32.2. The molecular weight excluding hydrogens is 389 g/mol. The van der Waals surface area contributed by atoms with Gasteiger partial charge in [0.25, 0.3) is 5.91 Å². The molecule has 2 aromatic rings. The molecule has 0 bridgehead atoms. The molecule has 9 heteroatoms. The number of ether oxygens (including phenoxy) is 1. The van der Waals surface area contributed by atoms with Crippen molar-refractivity contribution in [1.82, 2.24) is 4.90 Å². The molecule has 2 heterocycles. The molecule has 1 aromatic carbocycles. The number of nitrogens with zero attached hydrogens (tertiary/aromatic N) is 1. The van der Waals surface area contributed by atoms with Crippen LogP contribution in [0.4, 0.5) is 4.39 Å². The summed E-state index contributed by atoms with van der Waals surface area (Å²) >= 11 is 0. The first-order valence-electron chi connectivity index (χ1n) is 8.70. The molecule has 1 saturated heterocycles. The van der Waals surface area contributed by atoms with Gasteiger partial charge in [-0.2, -0.15) is 0 Å². The summed E-state index contributed by atoms with van der Waals surface area (Å²) in [4.78, 5) is 26.0. The van der Waals surface area contributed by atoms with Crippen LogP contribution in [-0.4, -0.2) is 55.9 Å². The second-order valence-electron chi connectivity index (χ2n) is 6.72. The minimum absolute atomic E-state index is 0.0437. The maximum Gasteiger partial charge on any atom is 0.375 e. The van der Waals surface area contributed by atoms with Crippen molar-refractivity contribution >= 4 is 21.7 Å². The molecule has 0 unspecified atom stereocenters. The third kappa shape index (κ3) is 4.41. The Labute approximate surface area is 162 Å². The molecule has 1 amide bonds. The fourth-order valence-corrected chi connectivity index (χ4v) is 4.81. The highest BCUT2D eigenvalue weighted by Gasteiger charge is 2.35. The van der Waals surface area contributed by atoms with E-state index in [9.17, 15) is 22.4 Å². The van der Waals surface area contributed by atoms with Crippen LogP contribution in [0.2, 0.25) is 0 Å². The molecule has 2 atom stereocenters. The largest absolute Gasteiger partial charge is 0.449 e. The van der Waals surface area contributed by atoms with Gasteiger partial charge < -0.3 is 14.1 Å². The molecule has 0 radical (unpaired) electrons. The van der Waals surface area contributed by atoms with E-state index in [1.165, 1.54) is 49.2 Å². The van der Waals surface area contributed by atoms with E-state index in [4.69, 9.17) is 9.15 Å². The second kappa shape index (κ2) is 7.75. The number of sulfone groups is 1. The Bertz CT molecular complexity index is 982. The normalized spacial score (nSPS) is 19.2. The van der Waals surface area contributed by atoms with Crippen LogP contribution in [-0.2, 0) is 19.4 Å². The predicted molar refractivity (Wildman–Crippen MR) is 98.8 cm³/mol. The van der Waals surface area contributed by atoms with Gasteiger partial charge in [0, 0.05) is 18.7 Å². The van der Waals surface area contributed by atoms with Gasteiger partial charge in [-0.1, -0.05) is 0 Å². The zero-order chi connectivity index (χ0) is 20.5. The first-order chi connectivity index (χ1) is 13.2. The number of hydrogen-bond acceptors (Lipinski definition) is 6. The first kappa shape index (κ1) is 20.1. The number of carbonyl (C=O) groups is 2. The number of carbonyl (C=O) groups excluding carboxylic acids is 2. The Morgan fingerprint density at radius 3 is 2.50 bits per heavy atom. The van der Waals surface area contributed by atoms with E-state index in [0.717, 1.165) is 0 Å². The number of benzene rings is 1. The fraction of sp³-hybridized carbons (Fsp3) is 0.368. The van der Waals surface area contributed by atoms with E-state index < -0.39 is 33.9 Å². The first-order valence-corrected chi connectivity index (χ1v) is 10.5. The molecule has 0 saturated carbocycles. The Hall–Kier alpha value is -2.68.